The third kappa shape index (κ3) is 6.05. The van der Waals surface area contributed by atoms with Gasteiger partial charge in [-0.3, -0.25) is 4.79 Å². The molecule has 3 rings (SSSR count). The van der Waals surface area contributed by atoms with Gasteiger partial charge >= 0.3 is 18.1 Å². The second kappa shape index (κ2) is 11.0. The number of aliphatic hydroxyl groups is 1. The monoisotopic (exact) mass is 498 g/mol. The quantitative estimate of drug-likeness (QED) is 0.271. The van der Waals surface area contributed by atoms with Gasteiger partial charge in [0.1, 0.15) is 6.10 Å². The maximum atomic E-state index is 13.4. The second-order valence-electron chi connectivity index (χ2n) is 7.63. The van der Waals surface area contributed by atoms with Crippen molar-refractivity contribution in [3.05, 3.63) is 112 Å². The molecule has 1 unspecified atom stereocenters. The predicted molar refractivity (Wildman–Crippen MR) is 124 cm³/mol. The van der Waals surface area contributed by atoms with Crippen LogP contribution in [0.4, 0.5) is 13.2 Å². The summed E-state index contributed by atoms with van der Waals surface area (Å²) >= 11 is 0. The number of esters is 2. The van der Waals surface area contributed by atoms with E-state index in [9.17, 15) is 32.7 Å². The van der Waals surface area contributed by atoms with Crippen LogP contribution in [0.2, 0.25) is 0 Å². The van der Waals surface area contributed by atoms with E-state index >= 15 is 0 Å². The Morgan fingerprint density at radius 1 is 0.750 bits per heavy atom. The molecule has 0 aliphatic carbocycles. The summed E-state index contributed by atoms with van der Waals surface area (Å²) in [5.41, 5.74) is 0.0955. The van der Waals surface area contributed by atoms with Crippen LogP contribution in [0.15, 0.2) is 78.4 Å². The highest BCUT2D eigenvalue weighted by Gasteiger charge is 2.30. The molecule has 0 aromatic heterocycles. The third-order valence-electron chi connectivity index (χ3n) is 5.33. The Hall–Kier alpha value is -4.24. The minimum atomic E-state index is -4.52. The molecular weight excluding hydrogens is 477 g/mol. The van der Waals surface area contributed by atoms with E-state index in [1.54, 1.807) is 0 Å². The van der Waals surface area contributed by atoms with Crippen LogP contribution in [0.25, 0.3) is 6.08 Å². The number of Topliss-reactive ketones (excluding diaryl/α,β-unsaturated/α-hetero) is 1. The van der Waals surface area contributed by atoms with Gasteiger partial charge < -0.3 is 14.6 Å². The minimum absolute atomic E-state index is 0.131. The fourth-order valence-electron chi connectivity index (χ4n) is 3.36. The molecule has 3 aromatic rings. The molecule has 6 nitrogen and oxygen atoms in total. The van der Waals surface area contributed by atoms with Crippen LogP contribution in [0.3, 0.4) is 0 Å². The lowest BCUT2D eigenvalue weighted by Gasteiger charge is -2.16. The van der Waals surface area contributed by atoms with Crippen molar-refractivity contribution in [2.75, 3.05) is 14.2 Å². The number of aliphatic hydroxyl groups excluding tert-OH is 1. The molecule has 36 heavy (non-hydrogen) atoms. The van der Waals surface area contributed by atoms with E-state index in [-0.39, 0.29) is 33.4 Å². The van der Waals surface area contributed by atoms with E-state index in [1.165, 1.54) is 81.0 Å². The Labute approximate surface area is 204 Å². The molecule has 0 heterocycles. The first kappa shape index (κ1) is 26.4. The van der Waals surface area contributed by atoms with Gasteiger partial charge in [0.2, 0.25) is 0 Å². The van der Waals surface area contributed by atoms with Gasteiger partial charge in [-0.25, -0.2) is 9.59 Å². The first-order valence-electron chi connectivity index (χ1n) is 10.5. The van der Waals surface area contributed by atoms with Gasteiger partial charge in [0, 0.05) is 11.1 Å². The number of halogens is 3. The number of rotatable bonds is 7. The van der Waals surface area contributed by atoms with Crippen molar-refractivity contribution in [3.8, 4) is 0 Å². The van der Waals surface area contributed by atoms with Crippen molar-refractivity contribution in [2.24, 2.45) is 0 Å². The van der Waals surface area contributed by atoms with Gasteiger partial charge in [-0.05, 0) is 53.6 Å². The number of carbonyl (C=O) groups excluding carboxylic acids is 3. The van der Waals surface area contributed by atoms with Crippen LogP contribution in [0.1, 0.15) is 53.9 Å². The number of hydrogen-bond acceptors (Lipinski definition) is 6. The highest BCUT2D eigenvalue weighted by molar-refractivity contribution is 6.12. The fraction of sp³-hybridized carbons (Fsp3) is 0.148. The van der Waals surface area contributed by atoms with E-state index in [0.29, 0.717) is 0 Å². The number of benzene rings is 3. The van der Waals surface area contributed by atoms with Crippen molar-refractivity contribution < 1.29 is 42.1 Å². The molecule has 0 saturated heterocycles. The predicted octanol–water partition coefficient (Wildman–Crippen LogP) is 5.28. The van der Waals surface area contributed by atoms with Gasteiger partial charge in [-0.2, -0.15) is 13.2 Å². The molecule has 1 N–H and O–H groups in total. The summed E-state index contributed by atoms with van der Waals surface area (Å²) in [5, 5.41) is 11.1. The zero-order valence-electron chi connectivity index (χ0n) is 19.2. The molecule has 1 atom stereocenters. The van der Waals surface area contributed by atoms with E-state index in [4.69, 9.17) is 0 Å². The standard InChI is InChI=1S/C27H21F3O6/c1-35-25(33)19-9-5-17(6-10-19)23(31)22(15-16-3-13-21(14-4-16)27(28,29)30)24(32)18-7-11-20(12-8-18)26(34)36-2/h3-15,23,31H,1-2H3/b22-15-. The minimum Gasteiger partial charge on any atom is -0.465 e. The van der Waals surface area contributed by atoms with Crippen LogP contribution in [0, 0.1) is 0 Å². The van der Waals surface area contributed by atoms with E-state index < -0.39 is 35.6 Å². The maximum absolute atomic E-state index is 13.4. The van der Waals surface area contributed by atoms with E-state index in [0.717, 1.165) is 12.1 Å². The summed E-state index contributed by atoms with van der Waals surface area (Å²) in [7, 11) is 2.44. The highest BCUT2D eigenvalue weighted by Crippen LogP contribution is 2.31. The summed E-state index contributed by atoms with van der Waals surface area (Å²) in [4.78, 5) is 36.7. The Balaban J connectivity index is 2.03. The highest BCUT2D eigenvalue weighted by atomic mass is 19.4. The number of hydrogen-bond donors (Lipinski definition) is 1. The molecule has 0 amide bonds. The molecule has 3 aromatic carbocycles. The normalized spacial score (nSPS) is 12.6. The number of ether oxygens (including phenoxy) is 2. The average molecular weight is 498 g/mol. The lowest BCUT2D eigenvalue weighted by Crippen LogP contribution is -2.13. The zero-order valence-corrected chi connectivity index (χ0v) is 19.2. The Morgan fingerprint density at radius 2 is 1.19 bits per heavy atom. The average Bonchev–Trinajstić information content (AvgIpc) is 2.90. The summed E-state index contributed by atoms with van der Waals surface area (Å²) in [6, 6.07) is 15.3. The van der Waals surface area contributed by atoms with Crippen LogP contribution in [-0.2, 0) is 15.7 Å². The molecule has 0 fully saturated rings. The second-order valence-corrected chi connectivity index (χ2v) is 7.63. The summed E-state index contributed by atoms with van der Waals surface area (Å²) in [6.45, 7) is 0. The lowest BCUT2D eigenvalue weighted by molar-refractivity contribution is -0.137. The van der Waals surface area contributed by atoms with Crippen molar-refractivity contribution in [1.29, 1.82) is 0 Å². The number of methoxy groups -OCH3 is 2. The molecule has 0 aliphatic heterocycles. The summed E-state index contributed by atoms with van der Waals surface area (Å²) in [6.07, 6.45) is -4.72. The fourth-order valence-corrected chi connectivity index (χ4v) is 3.36. The van der Waals surface area contributed by atoms with Crippen molar-refractivity contribution in [2.45, 2.75) is 12.3 Å². The zero-order chi connectivity index (χ0) is 26.5. The van der Waals surface area contributed by atoms with Crippen LogP contribution in [-0.4, -0.2) is 37.0 Å². The van der Waals surface area contributed by atoms with Gasteiger partial charge in [0.25, 0.3) is 0 Å². The van der Waals surface area contributed by atoms with Gasteiger partial charge in [-0.1, -0.05) is 36.4 Å². The largest absolute Gasteiger partial charge is 0.465 e. The van der Waals surface area contributed by atoms with E-state index in [2.05, 4.69) is 9.47 Å². The Morgan fingerprint density at radius 3 is 1.64 bits per heavy atom. The van der Waals surface area contributed by atoms with Crippen LogP contribution < -0.4 is 0 Å². The lowest BCUT2D eigenvalue weighted by atomic mass is 9.91. The van der Waals surface area contributed by atoms with Crippen LogP contribution >= 0.6 is 0 Å². The first-order valence-corrected chi connectivity index (χ1v) is 10.5. The van der Waals surface area contributed by atoms with Gasteiger partial charge in [0.05, 0.1) is 30.9 Å². The third-order valence-corrected chi connectivity index (χ3v) is 5.33. The summed E-state index contributed by atoms with van der Waals surface area (Å²) in [5.74, 6) is -1.80. The van der Waals surface area contributed by atoms with Gasteiger partial charge in [-0.15, -0.1) is 0 Å². The molecule has 186 valence electrons. The molecule has 0 radical (unpaired) electrons. The van der Waals surface area contributed by atoms with Crippen molar-refractivity contribution >= 4 is 23.8 Å². The molecule has 0 aliphatic rings. The topological polar surface area (TPSA) is 89.9 Å². The SMILES string of the molecule is COC(=O)c1ccc(C(=O)/C(=C\c2ccc(C(F)(F)F)cc2)C(O)c2ccc(C(=O)OC)cc2)cc1. The molecule has 0 saturated carbocycles. The van der Waals surface area contributed by atoms with Gasteiger partial charge in [0.15, 0.2) is 5.78 Å². The first-order chi connectivity index (χ1) is 17.0. The Kier molecular flexibility index (Phi) is 8.06. The van der Waals surface area contributed by atoms with Crippen molar-refractivity contribution in [1.82, 2.24) is 0 Å². The number of carbonyl (C=O) groups is 3. The molecule has 0 bridgehead atoms. The number of alkyl halides is 3. The Bertz CT molecular complexity index is 1280. The molecule has 0 spiro atoms. The smallest absolute Gasteiger partial charge is 0.416 e. The molecular formula is C27H21F3O6. The van der Waals surface area contributed by atoms with E-state index in [1.807, 2.05) is 0 Å². The maximum Gasteiger partial charge on any atom is 0.416 e. The summed E-state index contributed by atoms with van der Waals surface area (Å²) < 4.78 is 48.1. The van der Waals surface area contributed by atoms with Crippen LogP contribution in [0.5, 0.6) is 0 Å². The number of ketones is 1. The molecule has 9 heteroatoms. The van der Waals surface area contributed by atoms with Crippen molar-refractivity contribution in [3.63, 3.8) is 0 Å².